The van der Waals surface area contributed by atoms with Gasteiger partial charge in [0.1, 0.15) is 0 Å². The zero-order valence-electron chi connectivity index (χ0n) is 9.79. The van der Waals surface area contributed by atoms with Crippen molar-refractivity contribution in [3.63, 3.8) is 0 Å². The van der Waals surface area contributed by atoms with Crippen LogP contribution in [-0.4, -0.2) is 27.5 Å². The van der Waals surface area contributed by atoms with Crippen LogP contribution in [0.5, 0.6) is 0 Å². The largest absolute Gasteiger partial charge is 0.461 e. The number of para-hydroxylation sites is 1. The van der Waals surface area contributed by atoms with E-state index in [1.165, 1.54) is 18.2 Å². The Morgan fingerprint density at radius 2 is 2.21 bits per heavy atom. The number of aromatic nitrogens is 2. The van der Waals surface area contributed by atoms with Crippen LogP contribution in [0.3, 0.4) is 0 Å². The second-order valence-electron chi connectivity index (χ2n) is 3.49. The predicted molar refractivity (Wildman–Crippen MR) is 67.2 cm³/mol. The normalized spacial score (nSPS) is 10.4. The molecule has 7 nitrogen and oxygen atoms in total. The summed E-state index contributed by atoms with van der Waals surface area (Å²) < 4.78 is 4.78. The van der Waals surface area contributed by atoms with Gasteiger partial charge in [0, 0.05) is 6.07 Å². The molecule has 0 fully saturated rings. The van der Waals surface area contributed by atoms with Crippen molar-refractivity contribution in [2.75, 3.05) is 6.61 Å². The van der Waals surface area contributed by atoms with Gasteiger partial charge in [-0.1, -0.05) is 17.7 Å². The molecule has 0 saturated carbocycles. The fourth-order valence-electron chi connectivity index (χ4n) is 1.52. The highest BCUT2D eigenvalue weighted by atomic mass is 35.5. The molecule has 0 saturated heterocycles. The Balaban J connectivity index is 2.65. The summed E-state index contributed by atoms with van der Waals surface area (Å²) >= 11 is 5.81. The molecule has 0 aliphatic heterocycles. The van der Waals surface area contributed by atoms with E-state index in [4.69, 9.17) is 16.3 Å². The minimum absolute atomic E-state index is 0.0329. The van der Waals surface area contributed by atoms with Crippen molar-refractivity contribution in [1.82, 2.24) is 9.97 Å². The molecule has 19 heavy (non-hydrogen) atoms. The molecule has 8 heteroatoms. The number of benzene rings is 1. The van der Waals surface area contributed by atoms with Gasteiger partial charge in [-0.15, -0.1) is 0 Å². The van der Waals surface area contributed by atoms with Crippen molar-refractivity contribution in [2.24, 2.45) is 0 Å². The number of nitro groups is 1. The van der Waals surface area contributed by atoms with Gasteiger partial charge in [-0.2, -0.15) is 0 Å². The lowest BCUT2D eigenvalue weighted by atomic mass is 10.2. The van der Waals surface area contributed by atoms with E-state index in [0.29, 0.717) is 0 Å². The van der Waals surface area contributed by atoms with E-state index in [-0.39, 0.29) is 34.2 Å². The van der Waals surface area contributed by atoms with Gasteiger partial charge in [-0.05, 0) is 13.0 Å². The number of carbonyl (C=O) groups excluding carboxylic acids is 1. The molecule has 0 unspecified atom stereocenters. The molecule has 98 valence electrons. The van der Waals surface area contributed by atoms with E-state index in [2.05, 4.69) is 9.97 Å². The minimum Gasteiger partial charge on any atom is -0.461 e. The van der Waals surface area contributed by atoms with Gasteiger partial charge in [0.15, 0.2) is 16.4 Å². The van der Waals surface area contributed by atoms with Gasteiger partial charge >= 0.3 is 5.97 Å². The standard InChI is InChI=1S/C11H8ClN3O4/c1-2-19-11(16)9-10(12)14-8-6(13-9)4-3-5-7(8)15(17)18/h3-5H,2H2,1H3. The van der Waals surface area contributed by atoms with Crippen LogP contribution in [-0.2, 0) is 4.74 Å². The molecule has 2 aromatic rings. The number of halogens is 1. The van der Waals surface area contributed by atoms with Crippen LogP contribution in [0.15, 0.2) is 18.2 Å². The van der Waals surface area contributed by atoms with Crippen molar-refractivity contribution < 1.29 is 14.5 Å². The summed E-state index contributed by atoms with van der Waals surface area (Å²) in [5, 5.41) is 10.6. The molecule has 2 rings (SSSR count). The summed E-state index contributed by atoms with van der Waals surface area (Å²) in [6.07, 6.45) is 0. The molecule has 0 N–H and O–H groups in total. The monoisotopic (exact) mass is 281 g/mol. The maximum Gasteiger partial charge on any atom is 0.360 e. The zero-order valence-corrected chi connectivity index (χ0v) is 10.5. The average molecular weight is 282 g/mol. The van der Waals surface area contributed by atoms with E-state index < -0.39 is 10.9 Å². The number of carbonyl (C=O) groups is 1. The lowest BCUT2D eigenvalue weighted by Gasteiger charge is -2.04. The molecular weight excluding hydrogens is 274 g/mol. The second kappa shape index (κ2) is 5.15. The summed E-state index contributed by atoms with van der Waals surface area (Å²) in [6.45, 7) is 1.81. The molecular formula is C11H8ClN3O4. The third kappa shape index (κ3) is 2.45. The van der Waals surface area contributed by atoms with E-state index in [1.807, 2.05) is 0 Å². The maximum atomic E-state index is 11.6. The molecule has 0 bridgehead atoms. The lowest BCUT2D eigenvalue weighted by Crippen LogP contribution is -2.09. The van der Waals surface area contributed by atoms with Crippen LogP contribution in [0.4, 0.5) is 5.69 Å². The first-order chi connectivity index (χ1) is 9.04. The molecule has 1 heterocycles. The summed E-state index contributed by atoms with van der Waals surface area (Å²) in [6, 6.07) is 4.25. The van der Waals surface area contributed by atoms with Gasteiger partial charge in [0.25, 0.3) is 5.69 Å². The molecule has 1 aromatic carbocycles. The van der Waals surface area contributed by atoms with E-state index in [9.17, 15) is 14.9 Å². The molecule has 0 atom stereocenters. The summed E-state index contributed by atoms with van der Waals surface area (Å²) in [5.74, 6) is -0.714. The highest BCUT2D eigenvalue weighted by Crippen LogP contribution is 2.25. The molecule has 0 spiro atoms. The fraction of sp³-hybridized carbons (Fsp3) is 0.182. The Hall–Kier alpha value is -2.28. The Morgan fingerprint density at radius 3 is 2.84 bits per heavy atom. The number of non-ortho nitro benzene ring substituents is 1. The summed E-state index contributed by atoms with van der Waals surface area (Å²) in [5.41, 5.74) is -0.133. The van der Waals surface area contributed by atoms with Crippen LogP contribution in [0.2, 0.25) is 5.15 Å². The van der Waals surface area contributed by atoms with Crippen molar-refractivity contribution in [2.45, 2.75) is 6.92 Å². The first kappa shape index (κ1) is 13.2. The number of fused-ring (bicyclic) bond motifs is 1. The number of esters is 1. The van der Waals surface area contributed by atoms with Gasteiger partial charge in [0.2, 0.25) is 0 Å². The third-order valence-electron chi connectivity index (χ3n) is 2.30. The predicted octanol–water partition coefficient (Wildman–Crippen LogP) is 2.37. The molecule has 0 aliphatic carbocycles. The number of nitro benzene ring substituents is 1. The number of hydrogen-bond donors (Lipinski definition) is 0. The summed E-state index contributed by atoms with van der Waals surface area (Å²) in [7, 11) is 0. The highest BCUT2D eigenvalue weighted by molar-refractivity contribution is 6.32. The highest BCUT2D eigenvalue weighted by Gasteiger charge is 2.20. The minimum atomic E-state index is -0.714. The SMILES string of the molecule is CCOC(=O)c1nc2cccc([N+](=O)[O-])c2nc1Cl. The average Bonchev–Trinajstić information content (AvgIpc) is 2.37. The van der Waals surface area contributed by atoms with E-state index in [0.717, 1.165) is 0 Å². The van der Waals surface area contributed by atoms with Gasteiger partial charge in [-0.25, -0.2) is 14.8 Å². The Bertz CT molecular complexity index is 674. The van der Waals surface area contributed by atoms with E-state index >= 15 is 0 Å². The Morgan fingerprint density at radius 1 is 1.47 bits per heavy atom. The Labute approximate surface area is 112 Å². The Kier molecular flexibility index (Phi) is 3.57. The lowest BCUT2D eigenvalue weighted by molar-refractivity contribution is -0.383. The van der Waals surface area contributed by atoms with Crippen molar-refractivity contribution >= 4 is 34.3 Å². The number of nitrogens with zero attached hydrogens (tertiary/aromatic N) is 3. The number of ether oxygens (including phenoxy) is 1. The first-order valence-electron chi connectivity index (χ1n) is 5.32. The van der Waals surface area contributed by atoms with Crippen LogP contribution in [0.25, 0.3) is 11.0 Å². The van der Waals surface area contributed by atoms with Crippen LogP contribution in [0.1, 0.15) is 17.4 Å². The molecule has 1 aromatic heterocycles. The molecule has 0 amide bonds. The fourth-order valence-corrected chi connectivity index (χ4v) is 1.72. The third-order valence-corrected chi connectivity index (χ3v) is 2.56. The molecule has 0 radical (unpaired) electrons. The molecule has 0 aliphatic rings. The van der Waals surface area contributed by atoms with Gasteiger partial charge < -0.3 is 4.74 Å². The quantitative estimate of drug-likeness (QED) is 0.487. The number of hydrogen-bond acceptors (Lipinski definition) is 6. The van der Waals surface area contributed by atoms with Gasteiger partial charge in [0.05, 0.1) is 17.0 Å². The summed E-state index contributed by atoms with van der Waals surface area (Å²) in [4.78, 5) is 29.7. The smallest absolute Gasteiger partial charge is 0.360 e. The first-order valence-corrected chi connectivity index (χ1v) is 5.70. The number of rotatable bonds is 3. The van der Waals surface area contributed by atoms with Crippen LogP contribution >= 0.6 is 11.6 Å². The van der Waals surface area contributed by atoms with E-state index in [1.54, 1.807) is 6.92 Å². The maximum absolute atomic E-state index is 11.6. The van der Waals surface area contributed by atoms with Gasteiger partial charge in [-0.3, -0.25) is 10.1 Å². The van der Waals surface area contributed by atoms with Crippen molar-refractivity contribution in [1.29, 1.82) is 0 Å². The topological polar surface area (TPSA) is 95.2 Å². The second-order valence-corrected chi connectivity index (χ2v) is 3.84. The van der Waals surface area contributed by atoms with Crippen molar-refractivity contribution in [3.05, 3.63) is 39.2 Å². The van der Waals surface area contributed by atoms with Crippen molar-refractivity contribution in [3.8, 4) is 0 Å². The zero-order chi connectivity index (χ0) is 14.0. The van der Waals surface area contributed by atoms with Crippen LogP contribution < -0.4 is 0 Å². The van der Waals surface area contributed by atoms with Crippen LogP contribution in [0, 0.1) is 10.1 Å².